The predicted molar refractivity (Wildman–Crippen MR) is 87.5 cm³/mol. The van der Waals surface area contributed by atoms with Gasteiger partial charge in [-0.2, -0.15) is 4.68 Å². The van der Waals surface area contributed by atoms with Gasteiger partial charge in [0.2, 0.25) is 0 Å². The Labute approximate surface area is 140 Å². The van der Waals surface area contributed by atoms with Crippen molar-refractivity contribution in [1.82, 2.24) is 20.2 Å². The maximum absolute atomic E-state index is 12.3. The topological polar surface area (TPSA) is 116 Å². The number of aryl methyl sites for hydroxylation is 1. The van der Waals surface area contributed by atoms with E-state index in [-0.39, 0.29) is 9.88 Å². The van der Waals surface area contributed by atoms with Gasteiger partial charge in [-0.15, -0.1) is 5.10 Å². The van der Waals surface area contributed by atoms with Crippen LogP contribution < -0.4 is 5.32 Å². The zero-order valence-electron chi connectivity index (χ0n) is 12.5. The van der Waals surface area contributed by atoms with Crippen LogP contribution in [0.2, 0.25) is 0 Å². The maximum atomic E-state index is 12.3. The van der Waals surface area contributed by atoms with Crippen molar-refractivity contribution >= 4 is 27.9 Å². The molecule has 0 aliphatic carbocycles. The number of benzene rings is 1. The molecule has 0 aliphatic rings. The number of anilines is 1. The number of carbonyl (C=O) groups excluding carboxylic acids is 1. The molecule has 1 amide bonds. The SMILES string of the molecule is CCc1nnnn1-c1ccccc1NC(=O)c1ccc([N+](=O)[O-])s1. The summed E-state index contributed by atoms with van der Waals surface area (Å²) in [4.78, 5) is 22.8. The summed E-state index contributed by atoms with van der Waals surface area (Å²) in [6.45, 7) is 1.92. The second-order valence-electron chi connectivity index (χ2n) is 4.73. The van der Waals surface area contributed by atoms with E-state index in [4.69, 9.17) is 0 Å². The Kier molecular flexibility index (Phi) is 4.29. The van der Waals surface area contributed by atoms with Crippen LogP contribution in [0.25, 0.3) is 5.69 Å². The number of thiophene rings is 1. The fourth-order valence-corrected chi connectivity index (χ4v) is 2.82. The Bertz CT molecular complexity index is 903. The minimum absolute atomic E-state index is 0.0813. The highest BCUT2D eigenvalue weighted by Crippen LogP contribution is 2.26. The highest BCUT2D eigenvalue weighted by atomic mass is 32.1. The second kappa shape index (κ2) is 6.54. The Hall–Kier alpha value is -3.14. The molecule has 10 heteroatoms. The van der Waals surface area contributed by atoms with E-state index in [0.29, 0.717) is 23.6 Å². The van der Waals surface area contributed by atoms with Crippen molar-refractivity contribution < 1.29 is 9.72 Å². The van der Waals surface area contributed by atoms with E-state index in [0.717, 1.165) is 11.3 Å². The number of carbonyl (C=O) groups is 1. The number of amides is 1. The molecule has 0 aliphatic heterocycles. The highest BCUT2D eigenvalue weighted by molar-refractivity contribution is 7.17. The van der Waals surface area contributed by atoms with Crippen molar-refractivity contribution in [1.29, 1.82) is 0 Å². The Balaban J connectivity index is 1.90. The molecular formula is C14H12N6O3S. The molecule has 0 unspecified atom stereocenters. The van der Waals surface area contributed by atoms with E-state index in [1.807, 2.05) is 13.0 Å². The summed E-state index contributed by atoms with van der Waals surface area (Å²) in [7, 11) is 0. The molecule has 0 atom stereocenters. The van der Waals surface area contributed by atoms with Crippen LogP contribution in [0.15, 0.2) is 36.4 Å². The van der Waals surface area contributed by atoms with Crippen molar-refractivity contribution in [2.24, 2.45) is 0 Å². The monoisotopic (exact) mass is 344 g/mol. The number of nitro groups is 1. The van der Waals surface area contributed by atoms with Crippen molar-refractivity contribution in [2.45, 2.75) is 13.3 Å². The lowest BCUT2D eigenvalue weighted by Gasteiger charge is -2.10. The molecule has 0 saturated heterocycles. The normalized spacial score (nSPS) is 10.5. The molecular weight excluding hydrogens is 332 g/mol. The predicted octanol–water partition coefficient (Wildman–Crippen LogP) is 2.45. The molecule has 0 bridgehead atoms. The number of nitrogens with zero attached hydrogens (tertiary/aromatic N) is 5. The number of aromatic nitrogens is 4. The largest absolute Gasteiger partial charge is 0.324 e. The number of para-hydroxylation sites is 2. The molecule has 3 aromatic rings. The molecule has 0 spiro atoms. The number of hydrogen-bond acceptors (Lipinski definition) is 7. The molecule has 122 valence electrons. The summed E-state index contributed by atoms with van der Waals surface area (Å²) in [5.41, 5.74) is 1.14. The van der Waals surface area contributed by atoms with Gasteiger partial charge in [0, 0.05) is 12.5 Å². The summed E-state index contributed by atoms with van der Waals surface area (Å²) < 4.78 is 1.55. The van der Waals surface area contributed by atoms with Gasteiger partial charge in [-0.05, 0) is 28.6 Å². The lowest BCUT2D eigenvalue weighted by atomic mass is 10.2. The van der Waals surface area contributed by atoms with Crippen LogP contribution in [0.5, 0.6) is 0 Å². The van der Waals surface area contributed by atoms with E-state index < -0.39 is 10.8 Å². The van der Waals surface area contributed by atoms with Gasteiger partial charge < -0.3 is 5.32 Å². The third-order valence-electron chi connectivity index (χ3n) is 3.23. The summed E-state index contributed by atoms with van der Waals surface area (Å²) >= 11 is 0.821. The summed E-state index contributed by atoms with van der Waals surface area (Å²) in [6.07, 6.45) is 0.631. The third kappa shape index (κ3) is 2.99. The first-order chi connectivity index (χ1) is 11.6. The van der Waals surface area contributed by atoms with Gasteiger partial charge in [0.15, 0.2) is 5.82 Å². The molecule has 9 nitrogen and oxygen atoms in total. The molecule has 0 radical (unpaired) electrons. The Morgan fingerprint density at radius 1 is 1.33 bits per heavy atom. The van der Waals surface area contributed by atoms with Crippen LogP contribution in [0.4, 0.5) is 10.7 Å². The van der Waals surface area contributed by atoms with Gasteiger partial charge in [0.05, 0.1) is 21.2 Å². The van der Waals surface area contributed by atoms with E-state index in [9.17, 15) is 14.9 Å². The number of hydrogen-bond donors (Lipinski definition) is 1. The average Bonchev–Trinajstić information content (AvgIpc) is 3.24. The van der Waals surface area contributed by atoms with Crippen molar-refractivity contribution in [3.63, 3.8) is 0 Å². The summed E-state index contributed by atoms with van der Waals surface area (Å²) in [5, 5.41) is 24.9. The standard InChI is InChI=1S/C14H12N6O3S/c1-2-12-16-17-18-19(12)10-6-4-3-5-9(10)15-14(21)11-7-8-13(24-11)20(22)23/h3-8H,2H2,1H3,(H,15,21). The molecule has 2 heterocycles. The van der Waals surface area contributed by atoms with E-state index in [1.165, 1.54) is 12.1 Å². The van der Waals surface area contributed by atoms with Crippen LogP contribution in [-0.2, 0) is 6.42 Å². The van der Waals surface area contributed by atoms with Gasteiger partial charge in [-0.25, -0.2) is 0 Å². The molecule has 3 rings (SSSR count). The van der Waals surface area contributed by atoms with Crippen molar-refractivity contribution in [3.8, 4) is 5.69 Å². The van der Waals surface area contributed by atoms with Gasteiger partial charge in [-0.1, -0.05) is 30.4 Å². The quantitative estimate of drug-likeness (QED) is 0.561. The first kappa shape index (κ1) is 15.7. The third-order valence-corrected chi connectivity index (χ3v) is 4.26. The first-order valence-electron chi connectivity index (χ1n) is 7.02. The number of rotatable bonds is 5. The fraction of sp³-hybridized carbons (Fsp3) is 0.143. The highest BCUT2D eigenvalue weighted by Gasteiger charge is 2.17. The average molecular weight is 344 g/mol. The molecule has 2 aromatic heterocycles. The van der Waals surface area contributed by atoms with E-state index in [2.05, 4.69) is 20.8 Å². The van der Waals surface area contributed by atoms with Gasteiger partial charge in [0.1, 0.15) is 0 Å². The van der Waals surface area contributed by atoms with Gasteiger partial charge in [-0.3, -0.25) is 14.9 Å². The number of tetrazole rings is 1. The zero-order valence-corrected chi connectivity index (χ0v) is 13.4. The van der Waals surface area contributed by atoms with Crippen LogP contribution in [0, 0.1) is 10.1 Å². The Morgan fingerprint density at radius 3 is 2.83 bits per heavy atom. The van der Waals surface area contributed by atoms with Crippen molar-refractivity contribution in [3.05, 3.63) is 57.2 Å². The van der Waals surface area contributed by atoms with Crippen molar-refractivity contribution in [2.75, 3.05) is 5.32 Å². The Morgan fingerprint density at radius 2 is 2.12 bits per heavy atom. The van der Waals surface area contributed by atoms with Gasteiger partial charge >= 0.3 is 5.00 Å². The summed E-state index contributed by atoms with van der Waals surface area (Å²) in [6, 6.07) is 9.81. The van der Waals surface area contributed by atoms with E-state index >= 15 is 0 Å². The first-order valence-corrected chi connectivity index (χ1v) is 7.84. The van der Waals surface area contributed by atoms with Crippen LogP contribution >= 0.6 is 11.3 Å². The lowest BCUT2D eigenvalue weighted by Crippen LogP contribution is -2.13. The molecule has 1 aromatic carbocycles. The maximum Gasteiger partial charge on any atom is 0.324 e. The summed E-state index contributed by atoms with van der Waals surface area (Å²) in [5.74, 6) is 0.232. The molecule has 0 fully saturated rings. The second-order valence-corrected chi connectivity index (χ2v) is 5.79. The van der Waals surface area contributed by atoms with Crippen LogP contribution in [-0.4, -0.2) is 31.0 Å². The van der Waals surface area contributed by atoms with Crippen LogP contribution in [0.1, 0.15) is 22.4 Å². The fourth-order valence-electron chi connectivity index (χ4n) is 2.11. The van der Waals surface area contributed by atoms with E-state index in [1.54, 1.807) is 22.9 Å². The van der Waals surface area contributed by atoms with Crippen LogP contribution in [0.3, 0.4) is 0 Å². The molecule has 0 saturated carbocycles. The number of nitrogens with one attached hydrogen (secondary N) is 1. The minimum atomic E-state index is -0.524. The molecule has 24 heavy (non-hydrogen) atoms. The lowest BCUT2D eigenvalue weighted by molar-refractivity contribution is -0.380. The van der Waals surface area contributed by atoms with Gasteiger partial charge in [0.25, 0.3) is 5.91 Å². The smallest absolute Gasteiger partial charge is 0.319 e. The zero-order chi connectivity index (χ0) is 17.1. The molecule has 1 N–H and O–H groups in total. The minimum Gasteiger partial charge on any atom is -0.319 e.